The average molecular weight is 791 g/mol. The first-order valence-electron chi connectivity index (χ1n) is 11.4. The van der Waals surface area contributed by atoms with Gasteiger partial charge in [-0.15, -0.1) is 112 Å². The van der Waals surface area contributed by atoms with Gasteiger partial charge in [-0.05, 0) is 48.3 Å². The summed E-state index contributed by atoms with van der Waals surface area (Å²) in [6.07, 6.45) is 7.11. The summed E-state index contributed by atoms with van der Waals surface area (Å²) in [7, 11) is 0. The smallest absolute Gasteiger partial charge is 0.418 e. The van der Waals surface area contributed by atoms with Crippen molar-refractivity contribution >= 4 is 136 Å². The number of esters is 2. The van der Waals surface area contributed by atoms with Gasteiger partial charge in [0.1, 0.15) is 0 Å². The summed E-state index contributed by atoms with van der Waals surface area (Å²) >= 11 is 0. The van der Waals surface area contributed by atoms with Crippen LogP contribution in [0, 0.1) is 13.8 Å². The van der Waals surface area contributed by atoms with Crippen LogP contribution in [0.1, 0.15) is 22.3 Å². The number of carbonyl (C=O) groups is 2. The molecule has 4 N–H and O–H groups in total. The number of rotatable bonds is 6. The van der Waals surface area contributed by atoms with Crippen molar-refractivity contribution in [1.29, 1.82) is 0 Å². The van der Waals surface area contributed by atoms with E-state index < -0.39 is 23.6 Å². The SMILES string of the molecule is Cc1ccccc1C=CC1(OC(=O)C(=O)OC2(C=Cc3ccccc3C)NCCN2)NCCN1.Cl.Cl.Cl.Cl.Cl.Cl.Cl.Cl.Cl. The Balaban J connectivity index is -0.000000380. The zero-order valence-electron chi connectivity index (χ0n) is 23.1. The first-order valence-corrected chi connectivity index (χ1v) is 11.4. The number of halogens is 9. The van der Waals surface area contributed by atoms with Gasteiger partial charge in [0.2, 0.25) is 11.7 Å². The van der Waals surface area contributed by atoms with Crippen molar-refractivity contribution in [2.75, 3.05) is 26.2 Å². The van der Waals surface area contributed by atoms with Gasteiger partial charge in [-0.2, -0.15) is 0 Å². The number of nitrogens with one attached hydrogen (secondary N) is 4. The van der Waals surface area contributed by atoms with Crippen molar-refractivity contribution in [3.05, 3.63) is 82.9 Å². The first-order chi connectivity index (χ1) is 16.4. The average Bonchev–Trinajstić information content (AvgIpc) is 3.48. The number of hydrogen-bond acceptors (Lipinski definition) is 8. The van der Waals surface area contributed by atoms with E-state index >= 15 is 0 Å². The van der Waals surface area contributed by atoms with Crippen LogP contribution in [0.25, 0.3) is 12.2 Å². The maximum atomic E-state index is 12.8. The summed E-state index contributed by atoms with van der Waals surface area (Å²) in [6.45, 7) is 6.30. The fourth-order valence-electron chi connectivity index (χ4n) is 3.90. The molecule has 2 aromatic rings. The van der Waals surface area contributed by atoms with E-state index in [9.17, 15) is 9.59 Å². The van der Waals surface area contributed by atoms with E-state index in [1.165, 1.54) is 0 Å². The molecule has 2 aromatic carbocycles. The lowest BCUT2D eigenvalue weighted by molar-refractivity contribution is -0.185. The first kappa shape index (κ1) is 54.8. The Kier molecular flexibility index (Phi) is 32.5. The summed E-state index contributed by atoms with van der Waals surface area (Å²) < 4.78 is 11.1. The quantitative estimate of drug-likeness (QED) is 0.222. The highest BCUT2D eigenvalue weighted by Crippen LogP contribution is 2.18. The maximum absolute atomic E-state index is 12.8. The van der Waals surface area contributed by atoms with Crippen LogP contribution in [-0.2, 0) is 19.1 Å². The van der Waals surface area contributed by atoms with Crippen LogP contribution >= 0.6 is 112 Å². The summed E-state index contributed by atoms with van der Waals surface area (Å²) in [4.78, 5) is 25.5. The van der Waals surface area contributed by atoms with Crippen LogP contribution < -0.4 is 21.3 Å². The van der Waals surface area contributed by atoms with Crippen LogP contribution in [0.2, 0.25) is 0 Å². The second-order valence-electron chi connectivity index (χ2n) is 8.34. The molecule has 0 bridgehead atoms. The Morgan fingerprint density at radius 1 is 0.558 bits per heavy atom. The lowest BCUT2D eigenvalue weighted by atomic mass is 10.1. The van der Waals surface area contributed by atoms with Crippen molar-refractivity contribution in [3.63, 3.8) is 0 Å². The van der Waals surface area contributed by atoms with E-state index in [4.69, 9.17) is 9.47 Å². The second kappa shape index (κ2) is 25.5. The second-order valence-corrected chi connectivity index (χ2v) is 8.34. The molecule has 2 aliphatic rings. The molecule has 0 spiro atoms. The molecule has 2 fully saturated rings. The fourth-order valence-corrected chi connectivity index (χ4v) is 3.90. The minimum atomic E-state index is -1.29. The van der Waals surface area contributed by atoms with Crippen molar-refractivity contribution in [2.24, 2.45) is 0 Å². The molecule has 250 valence electrons. The molecular formula is C26H39Cl9N4O4. The van der Waals surface area contributed by atoms with Gasteiger partial charge in [0, 0.05) is 26.2 Å². The third-order valence-electron chi connectivity index (χ3n) is 5.85. The van der Waals surface area contributed by atoms with Gasteiger partial charge in [-0.1, -0.05) is 60.7 Å². The van der Waals surface area contributed by atoms with Crippen LogP contribution in [0.15, 0.2) is 60.7 Å². The molecule has 0 aliphatic carbocycles. The van der Waals surface area contributed by atoms with E-state index in [1.54, 1.807) is 12.2 Å². The summed E-state index contributed by atoms with van der Waals surface area (Å²) in [5, 5.41) is 12.4. The highest BCUT2D eigenvalue weighted by atomic mass is 35.5. The lowest BCUT2D eigenvalue weighted by Crippen LogP contribution is -2.55. The number of benzene rings is 2. The molecule has 8 nitrogen and oxygen atoms in total. The molecule has 0 aromatic heterocycles. The number of hydrogen-bond donors (Lipinski definition) is 4. The molecule has 2 saturated heterocycles. The van der Waals surface area contributed by atoms with Crippen LogP contribution in [0.3, 0.4) is 0 Å². The molecule has 0 atom stereocenters. The van der Waals surface area contributed by atoms with E-state index in [-0.39, 0.29) is 112 Å². The monoisotopic (exact) mass is 786 g/mol. The predicted molar refractivity (Wildman–Crippen MR) is 195 cm³/mol. The Morgan fingerprint density at radius 3 is 1.12 bits per heavy atom. The van der Waals surface area contributed by atoms with E-state index in [0.717, 1.165) is 22.3 Å². The van der Waals surface area contributed by atoms with Gasteiger partial charge in [-0.25, -0.2) is 9.59 Å². The highest BCUT2D eigenvalue weighted by Gasteiger charge is 2.41. The fraction of sp³-hybridized carbons (Fsp3) is 0.308. The highest BCUT2D eigenvalue weighted by molar-refractivity contribution is 6.30. The minimum Gasteiger partial charge on any atom is -0.418 e. The molecule has 2 aliphatic heterocycles. The standard InChI is InChI=1S/C26H30N4O4.9ClH/c1-19-7-3-5-9-21(19)11-13-25(27-15-16-28-25)33-23(31)24(32)34-26(29-17-18-30-26)14-12-22-10-6-4-8-20(22)2;;;;;;;;;/h3-14,27-30H,15-18H2,1-2H3;9*1H. The third-order valence-corrected chi connectivity index (χ3v) is 5.85. The van der Waals surface area contributed by atoms with Gasteiger partial charge in [0.15, 0.2) is 0 Å². The normalized spacial score (nSPS) is 15.0. The molecule has 0 saturated carbocycles. The summed E-state index contributed by atoms with van der Waals surface area (Å²) in [5.41, 5.74) is 4.13. The van der Waals surface area contributed by atoms with Gasteiger partial charge in [-0.3, -0.25) is 21.3 Å². The topological polar surface area (TPSA) is 101 Å². The third kappa shape index (κ3) is 15.0. The molecule has 2 heterocycles. The zero-order valence-corrected chi connectivity index (χ0v) is 30.4. The summed E-state index contributed by atoms with van der Waals surface area (Å²) in [5.74, 6) is -4.79. The van der Waals surface area contributed by atoms with Gasteiger partial charge in [0.25, 0.3) is 0 Å². The molecule has 0 radical (unpaired) electrons. The molecule has 0 amide bonds. The number of aryl methyl sites for hydroxylation is 2. The summed E-state index contributed by atoms with van der Waals surface area (Å²) in [6, 6.07) is 15.7. The zero-order chi connectivity index (χ0) is 24.0. The van der Waals surface area contributed by atoms with Crippen molar-refractivity contribution < 1.29 is 19.1 Å². The van der Waals surface area contributed by atoms with E-state index in [2.05, 4.69) is 21.3 Å². The van der Waals surface area contributed by atoms with Gasteiger partial charge >= 0.3 is 11.9 Å². The van der Waals surface area contributed by atoms with Crippen LogP contribution in [0.4, 0.5) is 0 Å². The molecular weight excluding hydrogens is 751 g/mol. The van der Waals surface area contributed by atoms with Crippen molar-refractivity contribution in [2.45, 2.75) is 25.5 Å². The Hall–Kier alpha value is -0.690. The Labute approximate surface area is 308 Å². The Morgan fingerprint density at radius 2 is 0.837 bits per heavy atom. The van der Waals surface area contributed by atoms with Crippen molar-refractivity contribution in [3.8, 4) is 0 Å². The number of carbonyl (C=O) groups excluding carboxylic acids is 2. The number of ether oxygens (including phenoxy) is 2. The maximum Gasteiger partial charge on any atom is 0.420 e. The predicted octanol–water partition coefficient (Wildman–Crippen LogP) is 5.61. The lowest BCUT2D eigenvalue weighted by Gasteiger charge is -2.28. The van der Waals surface area contributed by atoms with E-state index in [0.29, 0.717) is 26.2 Å². The molecule has 43 heavy (non-hydrogen) atoms. The van der Waals surface area contributed by atoms with Crippen LogP contribution in [-0.4, -0.2) is 49.8 Å². The largest absolute Gasteiger partial charge is 0.420 e. The van der Waals surface area contributed by atoms with E-state index in [1.807, 2.05) is 74.5 Å². The van der Waals surface area contributed by atoms with Gasteiger partial charge < -0.3 is 9.47 Å². The minimum absolute atomic E-state index is 0. The molecule has 0 unspecified atom stereocenters. The molecule has 17 heteroatoms. The molecule has 4 rings (SSSR count). The van der Waals surface area contributed by atoms with Crippen molar-refractivity contribution in [1.82, 2.24) is 21.3 Å². The van der Waals surface area contributed by atoms with Gasteiger partial charge in [0.05, 0.1) is 0 Å². The van der Waals surface area contributed by atoms with Crippen LogP contribution in [0.5, 0.6) is 0 Å². The Bertz CT molecular complexity index is 1040.